The molecule has 0 aliphatic heterocycles. The molecular weight excluding hydrogens is 278 g/mol. The minimum absolute atomic E-state index is 0.183. The number of nitrogens with one attached hydrogen (secondary N) is 1. The van der Waals surface area contributed by atoms with Crippen LogP contribution in [0.1, 0.15) is 16.6 Å². The summed E-state index contributed by atoms with van der Waals surface area (Å²) < 4.78 is 0. The van der Waals surface area contributed by atoms with Gasteiger partial charge in [-0.25, -0.2) is 0 Å². The van der Waals surface area contributed by atoms with Crippen LogP contribution in [0.5, 0.6) is 0 Å². The van der Waals surface area contributed by atoms with Crippen LogP contribution in [-0.2, 0) is 4.79 Å². The van der Waals surface area contributed by atoms with Gasteiger partial charge in [0.25, 0.3) is 5.91 Å². The zero-order valence-corrected chi connectivity index (χ0v) is 12.2. The van der Waals surface area contributed by atoms with E-state index in [0.29, 0.717) is 20.8 Å². The quantitative estimate of drug-likeness (QED) is 0.857. The summed E-state index contributed by atoms with van der Waals surface area (Å²) in [5.41, 5.74) is 6.30. The van der Waals surface area contributed by atoms with Crippen molar-refractivity contribution in [1.82, 2.24) is 20.4 Å². The summed E-state index contributed by atoms with van der Waals surface area (Å²) >= 11 is 1.16. The molecule has 1 unspecified atom stereocenters. The predicted octanol–water partition coefficient (Wildman–Crippen LogP) is 0.480. The van der Waals surface area contributed by atoms with Gasteiger partial charge in [0.05, 0.1) is 11.9 Å². The van der Waals surface area contributed by atoms with Gasteiger partial charge in [-0.2, -0.15) is 5.10 Å². The van der Waals surface area contributed by atoms with Gasteiger partial charge >= 0.3 is 0 Å². The van der Waals surface area contributed by atoms with E-state index in [1.165, 1.54) is 11.1 Å². The summed E-state index contributed by atoms with van der Waals surface area (Å²) in [5, 5.41) is 11.0. The number of nitrogen functional groups attached to an aromatic ring is 1. The van der Waals surface area contributed by atoms with E-state index < -0.39 is 6.04 Å². The van der Waals surface area contributed by atoms with Gasteiger partial charge in [-0.1, -0.05) is 0 Å². The molecule has 8 heteroatoms. The highest BCUT2D eigenvalue weighted by atomic mass is 32.1. The number of likely N-dealkylation sites (N-methyl/N-ethyl adjacent to an activating group) is 1. The minimum atomic E-state index is -0.617. The van der Waals surface area contributed by atoms with Gasteiger partial charge in [0, 0.05) is 19.5 Å². The SMILES string of the molecule is CC(NC(=O)c1sc2nnccc2c1N)C(=O)N(C)C. The van der Waals surface area contributed by atoms with Crippen LogP contribution in [0.4, 0.5) is 5.69 Å². The molecule has 0 bridgehead atoms. The van der Waals surface area contributed by atoms with E-state index in [-0.39, 0.29) is 11.8 Å². The molecule has 0 aliphatic rings. The van der Waals surface area contributed by atoms with Crippen LogP contribution in [0.3, 0.4) is 0 Å². The fourth-order valence-corrected chi connectivity index (χ4v) is 2.69. The van der Waals surface area contributed by atoms with Gasteiger partial charge in [-0.3, -0.25) is 9.59 Å². The normalized spacial score (nSPS) is 12.2. The first kappa shape index (κ1) is 14.2. The number of hydrogen-bond acceptors (Lipinski definition) is 6. The van der Waals surface area contributed by atoms with Crippen LogP contribution in [0, 0.1) is 0 Å². The molecule has 0 saturated heterocycles. The number of anilines is 1. The first-order valence-corrected chi connectivity index (χ1v) is 6.75. The number of nitrogens with zero attached hydrogens (tertiary/aromatic N) is 3. The Bertz CT molecular complexity index is 667. The van der Waals surface area contributed by atoms with Gasteiger partial charge in [0.1, 0.15) is 15.7 Å². The fourth-order valence-electron chi connectivity index (χ4n) is 1.75. The smallest absolute Gasteiger partial charge is 0.264 e. The summed E-state index contributed by atoms with van der Waals surface area (Å²) in [6.07, 6.45) is 1.52. The van der Waals surface area contributed by atoms with Crippen LogP contribution in [0.15, 0.2) is 12.3 Å². The number of hydrogen-bond donors (Lipinski definition) is 2. The van der Waals surface area contributed by atoms with E-state index in [1.807, 2.05) is 0 Å². The standard InChI is InChI=1S/C12H15N5O2S/c1-6(12(19)17(2)3)15-10(18)9-8(13)7-4-5-14-16-11(7)20-9/h4-6H,13H2,1-3H3,(H,15,18). The van der Waals surface area contributed by atoms with Crippen molar-refractivity contribution >= 4 is 39.1 Å². The van der Waals surface area contributed by atoms with Crippen LogP contribution >= 0.6 is 11.3 Å². The molecule has 2 aromatic rings. The number of aromatic nitrogens is 2. The number of thiophene rings is 1. The highest BCUT2D eigenvalue weighted by Gasteiger charge is 2.22. The Kier molecular flexibility index (Phi) is 3.84. The lowest BCUT2D eigenvalue weighted by Crippen LogP contribution is -2.44. The van der Waals surface area contributed by atoms with Crippen LogP contribution in [0.25, 0.3) is 10.2 Å². The zero-order valence-electron chi connectivity index (χ0n) is 11.4. The maximum atomic E-state index is 12.2. The number of fused-ring (bicyclic) bond motifs is 1. The maximum absolute atomic E-state index is 12.2. The summed E-state index contributed by atoms with van der Waals surface area (Å²) in [5.74, 6) is -0.564. The molecule has 2 aromatic heterocycles. The van der Waals surface area contributed by atoms with Crippen LogP contribution in [0.2, 0.25) is 0 Å². The molecular formula is C12H15N5O2S. The highest BCUT2D eigenvalue weighted by molar-refractivity contribution is 7.21. The number of rotatable bonds is 3. The summed E-state index contributed by atoms with van der Waals surface area (Å²) in [6, 6.07) is 1.09. The first-order valence-electron chi connectivity index (χ1n) is 5.93. The number of carbonyl (C=O) groups excluding carboxylic acids is 2. The predicted molar refractivity (Wildman–Crippen MR) is 77.4 cm³/mol. The second kappa shape index (κ2) is 5.41. The van der Waals surface area contributed by atoms with Crippen molar-refractivity contribution in [1.29, 1.82) is 0 Å². The summed E-state index contributed by atoms with van der Waals surface area (Å²) in [7, 11) is 3.27. The van der Waals surface area contributed by atoms with Gasteiger partial charge in [-0.05, 0) is 13.0 Å². The lowest BCUT2D eigenvalue weighted by atomic mass is 10.2. The summed E-state index contributed by atoms with van der Waals surface area (Å²) in [6.45, 7) is 1.63. The lowest BCUT2D eigenvalue weighted by molar-refractivity contribution is -0.130. The van der Waals surface area contributed by atoms with E-state index in [1.54, 1.807) is 27.1 Å². The van der Waals surface area contributed by atoms with Crippen molar-refractivity contribution in [3.63, 3.8) is 0 Å². The monoisotopic (exact) mass is 293 g/mol. The molecule has 2 heterocycles. The van der Waals surface area contributed by atoms with Crippen molar-refractivity contribution in [2.45, 2.75) is 13.0 Å². The lowest BCUT2D eigenvalue weighted by Gasteiger charge is -2.17. The van der Waals surface area contributed by atoms with Crippen molar-refractivity contribution < 1.29 is 9.59 Å². The average molecular weight is 293 g/mol. The van der Waals surface area contributed by atoms with Crippen molar-refractivity contribution in [3.8, 4) is 0 Å². The Morgan fingerprint density at radius 1 is 1.45 bits per heavy atom. The van der Waals surface area contributed by atoms with Gasteiger partial charge in [0.2, 0.25) is 5.91 Å². The molecule has 0 aliphatic carbocycles. The molecule has 7 nitrogen and oxygen atoms in total. The Hall–Kier alpha value is -2.22. The van der Waals surface area contributed by atoms with E-state index in [9.17, 15) is 9.59 Å². The third-order valence-electron chi connectivity index (χ3n) is 2.79. The topological polar surface area (TPSA) is 101 Å². The van der Waals surface area contributed by atoms with E-state index in [0.717, 1.165) is 11.3 Å². The molecule has 1 atom stereocenters. The Morgan fingerprint density at radius 3 is 2.75 bits per heavy atom. The van der Waals surface area contributed by atoms with Gasteiger partial charge < -0.3 is 16.0 Å². The molecule has 0 spiro atoms. The third kappa shape index (κ3) is 2.55. The second-order valence-corrected chi connectivity index (χ2v) is 5.52. The highest BCUT2D eigenvalue weighted by Crippen LogP contribution is 2.31. The molecule has 20 heavy (non-hydrogen) atoms. The molecule has 0 aromatic carbocycles. The third-order valence-corrected chi connectivity index (χ3v) is 3.89. The molecule has 2 rings (SSSR count). The molecule has 0 saturated carbocycles. The number of carbonyl (C=O) groups is 2. The molecule has 0 radical (unpaired) electrons. The Morgan fingerprint density at radius 2 is 2.15 bits per heavy atom. The molecule has 106 valence electrons. The van der Waals surface area contributed by atoms with Crippen molar-refractivity contribution in [3.05, 3.63) is 17.1 Å². The minimum Gasteiger partial charge on any atom is -0.397 e. The van der Waals surface area contributed by atoms with Crippen LogP contribution < -0.4 is 11.1 Å². The van der Waals surface area contributed by atoms with E-state index in [2.05, 4.69) is 15.5 Å². The average Bonchev–Trinajstić information content (AvgIpc) is 2.75. The van der Waals surface area contributed by atoms with E-state index in [4.69, 9.17) is 5.73 Å². The van der Waals surface area contributed by atoms with E-state index >= 15 is 0 Å². The largest absolute Gasteiger partial charge is 0.397 e. The Labute approximate surface area is 119 Å². The number of nitrogens with two attached hydrogens (primary N) is 1. The number of amides is 2. The zero-order chi connectivity index (χ0) is 14.9. The Balaban J connectivity index is 2.24. The van der Waals surface area contributed by atoms with Crippen molar-refractivity contribution in [2.75, 3.05) is 19.8 Å². The van der Waals surface area contributed by atoms with Crippen molar-refractivity contribution in [2.24, 2.45) is 0 Å². The maximum Gasteiger partial charge on any atom is 0.264 e. The first-order chi connectivity index (χ1) is 9.41. The molecule has 3 N–H and O–H groups in total. The molecule has 2 amide bonds. The fraction of sp³-hybridized carbons (Fsp3) is 0.333. The van der Waals surface area contributed by atoms with Crippen LogP contribution in [-0.4, -0.2) is 47.0 Å². The summed E-state index contributed by atoms with van der Waals surface area (Å²) in [4.78, 5) is 26.3. The second-order valence-electron chi connectivity index (χ2n) is 4.52. The molecule has 0 fully saturated rings. The van der Waals surface area contributed by atoms with Gasteiger partial charge in [0.15, 0.2) is 0 Å². The van der Waals surface area contributed by atoms with Gasteiger partial charge in [-0.15, -0.1) is 16.4 Å².